The normalized spacial score (nSPS) is 10.3. The van der Waals surface area contributed by atoms with Crippen molar-refractivity contribution in [3.63, 3.8) is 0 Å². The van der Waals surface area contributed by atoms with Crippen molar-refractivity contribution < 1.29 is 9.90 Å². The van der Waals surface area contributed by atoms with Gasteiger partial charge >= 0.3 is 5.97 Å². The van der Waals surface area contributed by atoms with Crippen LogP contribution in [0, 0.1) is 0 Å². The van der Waals surface area contributed by atoms with Gasteiger partial charge in [-0.1, -0.05) is 41.4 Å². The Kier molecular flexibility index (Phi) is 3.79. The first-order chi connectivity index (χ1) is 8.56. The van der Waals surface area contributed by atoms with Gasteiger partial charge in [-0.15, -0.1) is 0 Å². The van der Waals surface area contributed by atoms with Gasteiger partial charge in [0, 0.05) is 17.5 Å². The summed E-state index contributed by atoms with van der Waals surface area (Å²) in [7, 11) is 0. The molecule has 2 rings (SSSR count). The molecule has 6 heteroatoms. The van der Waals surface area contributed by atoms with E-state index in [1.807, 2.05) is 18.2 Å². The van der Waals surface area contributed by atoms with E-state index >= 15 is 0 Å². The van der Waals surface area contributed by atoms with E-state index in [2.05, 4.69) is 9.97 Å². The third-order valence-corrected chi connectivity index (χ3v) is 2.83. The van der Waals surface area contributed by atoms with Crippen LogP contribution in [0.2, 0.25) is 10.2 Å². The second-order valence-electron chi connectivity index (χ2n) is 3.57. The number of nitrogens with zero attached hydrogens (tertiary/aromatic N) is 2. The van der Waals surface area contributed by atoms with Gasteiger partial charge < -0.3 is 5.11 Å². The molecule has 0 saturated heterocycles. The summed E-state index contributed by atoms with van der Waals surface area (Å²) in [6.07, 6.45) is 0.334. The number of carboxylic acid groups (broad SMARTS) is 1. The molecule has 0 aliphatic rings. The summed E-state index contributed by atoms with van der Waals surface area (Å²) in [4.78, 5) is 18.8. The summed E-state index contributed by atoms with van der Waals surface area (Å²) < 4.78 is 0. The molecule has 18 heavy (non-hydrogen) atoms. The van der Waals surface area contributed by atoms with Crippen molar-refractivity contribution in [2.75, 3.05) is 0 Å². The van der Waals surface area contributed by atoms with Gasteiger partial charge in [0.2, 0.25) is 0 Å². The van der Waals surface area contributed by atoms with Gasteiger partial charge in [0.25, 0.3) is 0 Å². The zero-order valence-corrected chi connectivity index (χ0v) is 10.6. The molecule has 92 valence electrons. The molecule has 0 unspecified atom stereocenters. The molecule has 0 aliphatic heterocycles. The number of benzene rings is 1. The van der Waals surface area contributed by atoms with Crippen molar-refractivity contribution in [1.29, 1.82) is 0 Å². The SMILES string of the molecule is O=C(O)c1cc(Cl)nc(Cc2ccccc2Cl)n1. The molecule has 1 aromatic carbocycles. The van der Waals surface area contributed by atoms with Crippen LogP contribution in [0.1, 0.15) is 21.9 Å². The Morgan fingerprint density at radius 2 is 1.94 bits per heavy atom. The highest BCUT2D eigenvalue weighted by molar-refractivity contribution is 6.31. The summed E-state index contributed by atoms with van der Waals surface area (Å²) in [6, 6.07) is 8.43. The topological polar surface area (TPSA) is 63.1 Å². The summed E-state index contributed by atoms with van der Waals surface area (Å²) in [6.45, 7) is 0. The highest BCUT2D eigenvalue weighted by Crippen LogP contribution is 2.18. The maximum atomic E-state index is 10.8. The van der Waals surface area contributed by atoms with E-state index in [9.17, 15) is 4.79 Å². The predicted octanol–water partition coefficient (Wildman–Crippen LogP) is 3.07. The number of halogens is 2. The minimum atomic E-state index is -1.14. The molecule has 1 aromatic heterocycles. The second kappa shape index (κ2) is 5.33. The summed E-state index contributed by atoms with van der Waals surface area (Å²) >= 11 is 11.8. The van der Waals surface area contributed by atoms with Crippen molar-refractivity contribution >= 4 is 29.2 Å². The minimum Gasteiger partial charge on any atom is -0.477 e. The molecule has 0 amide bonds. The Morgan fingerprint density at radius 3 is 2.61 bits per heavy atom. The molecular formula is C12H8Cl2N2O2. The molecule has 1 N–H and O–H groups in total. The summed E-state index contributed by atoms with van der Waals surface area (Å²) in [5.74, 6) is -0.812. The van der Waals surface area contributed by atoms with Crippen LogP contribution >= 0.6 is 23.2 Å². The maximum absolute atomic E-state index is 10.8. The van der Waals surface area contributed by atoms with Gasteiger partial charge in [-0.05, 0) is 11.6 Å². The monoisotopic (exact) mass is 282 g/mol. The number of carbonyl (C=O) groups is 1. The van der Waals surface area contributed by atoms with E-state index in [1.165, 1.54) is 6.07 Å². The third kappa shape index (κ3) is 2.97. The molecule has 0 radical (unpaired) electrons. The van der Waals surface area contributed by atoms with Gasteiger partial charge in [0.15, 0.2) is 5.69 Å². The number of hydrogen-bond donors (Lipinski definition) is 1. The quantitative estimate of drug-likeness (QED) is 0.879. The zero-order valence-electron chi connectivity index (χ0n) is 9.10. The van der Waals surface area contributed by atoms with E-state index in [0.29, 0.717) is 17.3 Å². The average molecular weight is 283 g/mol. The lowest BCUT2D eigenvalue weighted by molar-refractivity contribution is 0.0690. The molecule has 0 atom stereocenters. The lowest BCUT2D eigenvalue weighted by Crippen LogP contribution is -2.06. The van der Waals surface area contributed by atoms with Crippen LogP contribution in [-0.4, -0.2) is 21.0 Å². The number of rotatable bonds is 3. The fourth-order valence-corrected chi connectivity index (χ4v) is 1.87. The summed E-state index contributed by atoms with van der Waals surface area (Å²) in [5.41, 5.74) is 0.690. The fraction of sp³-hybridized carbons (Fsp3) is 0.0833. The Morgan fingerprint density at radius 1 is 1.22 bits per heavy atom. The molecule has 1 heterocycles. The Hall–Kier alpha value is -1.65. The van der Waals surface area contributed by atoms with Gasteiger partial charge in [0.1, 0.15) is 11.0 Å². The predicted molar refractivity (Wildman–Crippen MR) is 68.3 cm³/mol. The molecule has 0 spiro atoms. The van der Waals surface area contributed by atoms with Crippen LogP contribution in [-0.2, 0) is 6.42 Å². The number of aromatic nitrogens is 2. The highest BCUT2D eigenvalue weighted by Gasteiger charge is 2.10. The highest BCUT2D eigenvalue weighted by atomic mass is 35.5. The Labute approximate surface area is 113 Å². The van der Waals surface area contributed by atoms with Crippen LogP contribution < -0.4 is 0 Å². The lowest BCUT2D eigenvalue weighted by Gasteiger charge is -2.04. The van der Waals surface area contributed by atoms with Crippen molar-refractivity contribution in [3.8, 4) is 0 Å². The summed E-state index contributed by atoms with van der Waals surface area (Å²) in [5, 5.41) is 9.56. The van der Waals surface area contributed by atoms with Crippen LogP contribution in [0.3, 0.4) is 0 Å². The van der Waals surface area contributed by atoms with Crippen LogP contribution in [0.5, 0.6) is 0 Å². The smallest absolute Gasteiger partial charge is 0.354 e. The maximum Gasteiger partial charge on any atom is 0.354 e. The van der Waals surface area contributed by atoms with Crippen LogP contribution in [0.25, 0.3) is 0 Å². The van der Waals surface area contributed by atoms with Crippen molar-refractivity contribution in [2.45, 2.75) is 6.42 Å². The van der Waals surface area contributed by atoms with E-state index < -0.39 is 5.97 Å². The van der Waals surface area contributed by atoms with E-state index in [-0.39, 0.29) is 10.8 Å². The van der Waals surface area contributed by atoms with Crippen molar-refractivity contribution in [3.05, 3.63) is 57.6 Å². The molecule has 2 aromatic rings. The van der Waals surface area contributed by atoms with Crippen LogP contribution in [0.15, 0.2) is 30.3 Å². The van der Waals surface area contributed by atoms with E-state index in [0.717, 1.165) is 5.56 Å². The number of aromatic carboxylic acids is 1. The largest absolute Gasteiger partial charge is 0.477 e. The lowest BCUT2D eigenvalue weighted by atomic mass is 10.1. The molecular weight excluding hydrogens is 275 g/mol. The molecule has 0 fully saturated rings. The zero-order chi connectivity index (χ0) is 13.1. The van der Waals surface area contributed by atoms with Gasteiger partial charge in [-0.2, -0.15) is 0 Å². The van der Waals surface area contributed by atoms with Crippen LogP contribution in [0.4, 0.5) is 0 Å². The Balaban J connectivity index is 2.35. The third-order valence-electron chi connectivity index (χ3n) is 2.27. The molecule has 0 aliphatic carbocycles. The first kappa shape index (κ1) is 12.8. The number of hydrogen-bond acceptors (Lipinski definition) is 3. The van der Waals surface area contributed by atoms with E-state index in [4.69, 9.17) is 28.3 Å². The van der Waals surface area contributed by atoms with Gasteiger partial charge in [-0.25, -0.2) is 14.8 Å². The first-order valence-corrected chi connectivity index (χ1v) is 5.82. The standard InChI is InChI=1S/C12H8Cl2N2O2/c13-8-4-2-1-3-7(8)5-11-15-9(12(17)18)6-10(14)16-11/h1-4,6H,5H2,(H,17,18). The number of carboxylic acids is 1. The molecule has 0 bridgehead atoms. The van der Waals surface area contributed by atoms with Crippen molar-refractivity contribution in [2.24, 2.45) is 0 Å². The molecule has 4 nitrogen and oxygen atoms in total. The molecule has 0 saturated carbocycles. The fourth-order valence-electron chi connectivity index (χ4n) is 1.47. The van der Waals surface area contributed by atoms with Crippen molar-refractivity contribution in [1.82, 2.24) is 9.97 Å². The minimum absolute atomic E-state index is 0.101. The first-order valence-electron chi connectivity index (χ1n) is 5.06. The van der Waals surface area contributed by atoms with Gasteiger partial charge in [-0.3, -0.25) is 0 Å². The Bertz CT molecular complexity index is 602. The van der Waals surface area contributed by atoms with E-state index in [1.54, 1.807) is 6.07 Å². The second-order valence-corrected chi connectivity index (χ2v) is 4.36. The van der Waals surface area contributed by atoms with Gasteiger partial charge in [0.05, 0.1) is 0 Å². The average Bonchev–Trinajstić information content (AvgIpc) is 2.31.